The van der Waals surface area contributed by atoms with E-state index in [1.807, 2.05) is 38.1 Å². The number of aliphatic hydroxyl groups is 1. The number of aliphatic hydroxyl groups excluding tert-OH is 1. The Labute approximate surface area is 125 Å². The fourth-order valence-corrected chi connectivity index (χ4v) is 3.64. The standard InChI is InChI=1S/C16H19NO3S/c1-12-8-13(2)10-15(9-12)21(19,20)17-16(11-18)14-6-4-3-5-7-14/h3-10,16-18H,11H2,1-2H3. The van der Waals surface area contributed by atoms with Crippen LogP contribution in [0.5, 0.6) is 0 Å². The molecule has 0 saturated heterocycles. The van der Waals surface area contributed by atoms with Crippen LogP contribution in [-0.2, 0) is 10.0 Å². The van der Waals surface area contributed by atoms with Crippen LogP contribution in [0.1, 0.15) is 22.7 Å². The highest BCUT2D eigenvalue weighted by Crippen LogP contribution is 2.19. The summed E-state index contributed by atoms with van der Waals surface area (Å²) in [5, 5.41) is 9.47. The van der Waals surface area contributed by atoms with E-state index in [1.165, 1.54) is 0 Å². The molecular formula is C16H19NO3S. The van der Waals surface area contributed by atoms with Crippen molar-refractivity contribution in [2.75, 3.05) is 6.61 Å². The van der Waals surface area contributed by atoms with E-state index in [2.05, 4.69) is 4.72 Å². The Morgan fingerprint density at radius 3 is 2.14 bits per heavy atom. The van der Waals surface area contributed by atoms with Crippen LogP contribution in [-0.4, -0.2) is 20.1 Å². The van der Waals surface area contributed by atoms with Gasteiger partial charge in [0, 0.05) is 0 Å². The molecule has 0 heterocycles. The molecule has 1 atom stereocenters. The van der Waals surface area contributed by atoms with Crippen LogP contribution in [0.25, 0.3) is 0 Å². The molecule has 0 saturated carbocycles. The van der Waals surface area contributed by atoms with Gasteiger partial charge in [-0.3, -0.25) is 0 Å². The van der Waals surface area contributed by atoms with Crippen molar-refractivity contribution in [3.63, 3.8) is 0 Å². The normalized spacial score (nSPS) is 13.1. The molecule has 0 amide bonds. The topological polar surface area (TPSA) is 66.4 Å². The lowest BCUT2D eigenvalue weighted by molar-refractivity contribution is 0.259. The Morgan fingerprint density at radius 2 is 1.62 bits per heavy atom. The molecule has 0 spiro atoms. The fraction of sp³-hybridized carbons (Fsp3) is 0.250. The second kappa shape index (κ2) is 6.39. The first kappa shape index (κ1) is 15.7. The van der Waals surface area contributed by atoms with Crippen molar-refractivity contribution >= 4 is 10.0 Å². The molecule has 0 fully saturated rings. The van der Waals surface area contributed by atoms with Crippen LogP contribution in [0.3, 0.4) is 0 Å². The Morgan fingerprint density at radius 1 is 1.05 bits per heavy atom. The largest absolute Gasteiger partial charge is 0.394 e. The van der Waals surface area contributed by atoms with Crippen LogP contribution in [0.2, 0.25) is 0 Å². The number of hydrogen-bond donors (Lipinski definition) is 2. The summed E-state index contributed by atoms with van der Waals surface area (Å²) in [6.45, 7) is 3.41. The van der Waals surface area contributed by atoms with Crippen LogP contribution in [0, 0.1) is 13.8 Å². The monoisotopic (exact) mass is 305 g/mol. The molecule has 0 aromatic heterocycles. The van der Waals surface area contributed by atoms with E-state index in [9.17, 15) is 13.5 Å². The second-order valence-corrected chi connectivity index (χ2v) is 6.80. The van der Waals surface area contributed by atoms with E-state index in [1.54, 1.807) is 24.3 Å². The molecule has 2 rings (SSSR count). The Bertz CT molecular complexity index is 691. The van der Waals surface area contributed by atoms with Gasteiger partial charge in [0.05, 0.1) is 17.5 Å². The summed E-state index contributed by atoms with van der Waals surface area (Å²) in [7, 11) is -3.67. The summed E-state index contributed by atoms with van der Waals surface area (Å²) in [6.07, 6.45) is 0. The third-order valence-electron chi connectivity index (χ3n) is 3.19. The lowest BCUT2D eigenvalue weighted by atomic mass is 10.1. The zero-order valence-corrected chi connectivity index (χ0v) is 12.9. The van der Waals surface area contributed by atoms with E-state index in [-0.39, 0.29) is 11.5 Å². The van der Waals surface area contributed by atoms with Gasteiger partial charge in [-0.25, -0.2) is 13.1 Å². The molecule has 0 aliphatic heterocycles. The molecule has 112 valence electrons. The average Bonchev–Trinajstić information content (AvgIpc) is 2.45. The van der Waals surface area contributed by atoms with Gasteiger partial charge in [0.15, 0.2) is 0 Å². The summed E-state index contributed by atoms with van der Waals surface area (Å²) in [5.41, 5.74) is 2.50. The van der Waals surface area contributed by atoms with Gasteiger partial charge in [0.1, 0.15) is 0 Å². The molecule has 4 nitrogen and oxygen atoms in total. The van der Waals surface area contributed by atoms with Crippen LogP contribution in [0.15, 0.2) is 53.4 Å². The summed E-state index contributed by atoms with van der Waals surface area (Å²) in [5.74, 6) is 0. The summed E-state index contributed by atoms with van der Waals surface area (Å²) in [6, 6.07) is 13.5. The van der Waals surface area contributed by atoms with Gasteiger partial charge in [-0.05, 0) is 42.7 Å². The lowest BCUT2D eigenvalue weighted by Crippen LogP contribution is -2.31. The van der Waals surface area contributed by atoms with Crippen molar-refractivity contribution in [1.29, 1.82) is 0 Å². The Kier molecular flexibility index (Phi) is 4.77. The van der Waals surface area contributed by atoms with E-state index >= 15 is 0 Å². The van der Waals surface area contributed by atoms with E-state index in [0.717, 1.165) is 16.7 Å². The predicted octanol–water partition coefficient (Wildman–Crippen LogP) is 2.32. The van der Waals surface area contributed by atoms with Crippen molar-refractivity contribution in [1.82, 2.24) is 4.72 Å². The molecule has 1 unspecified atom stereocenters. The van der Waals surface area contributed by atoms with Gasteiger partial charge in [-0.15, -0.1) is 0 Å². The number of nitrogens with one attached hydrogen (secondary N) is 1. The number of rotatable bonds is 5. The maximum Gasteiger partial charge on any atom is 0.241 e. The molecule has 0 bridgehead atoms. The molecule has 0 aliphatic carbocycles. The third-order valence-corrected chi connectivity index (χ3v) is 4.64. The number of benzene rings is 2. The maximum absolute atomic E-state index is 12.5. The molecule has 2 aromatic carbocycles. The van der Waals surface area contributed by atoms with Crippen molar-refractivity contribution in [3.8, 4) is 0 Å². The van der Waals surface area contributed by atoms with E-state index in [4.69, 9.17) is 0 Å². The van der Waals surface area contributed by atoms with Gasteiger partial charge in [0.2, 0.25) is 10.0 Å². The van der Waals surface area contributed by atoms with Gasteiger partial charge >= 0.3 is 0 Å². The quantitative estimate of drug-likeness (QED) is 0.891. The molecule has 5 heteroatoms. The minimum Gasteiger partial charge on any atom is -0.394 e. The van der Waals surface area contributed by atoms with Crippen molar-refractivity contribution < 1.29 is 13.5 Å². The first-order chi connectivity index (χ1) is 9.92. The van der Waals surface area contributed by atoms with E-state index < -0.39 is 16.1 Å². The van der Waals surface area contributed by atoms with Crippen molar-refractivity contribution in [2.24, 2.45) is 0 Å². The molecule has 0 radical (unpaired) electrons. The molecule has 2 aromatic rings. The van der Waals surface area contributed by atoms with Gasteiger partial charge in [-0.1, -0.05) is 36.4 Å². The van der Waals surface area contributed by atoms with Crippen LogP contribution < -0.4 is 4.72 Å². The van der Waals surface area contributed by atoms with Crippen molar-refractivity contribution in [2.45, 2.75) is 24.8 Å². The summed E-state index contributed by atoms with van der Waals surface area (Å²) < 4.78 is 27.5. The zero-order valence-electron chi connectivity index (χ0n) is 12.1. The smallest absolute Gasteiger partial charge is 0.241 e. The molecule has 2 N–H and O–H groups in total. The Hall–Kier alpha value is -1.69. The highest BCUT2D eigenvalue weighted by Gasteiger charge is 2.21. The van der Waals surface area contributed by atoms with Gasteiger partial charge in [-0.2, -0.15) is 0 Å². The number of aryl methyl sites for hydroxylation is 2. The van der Waals surface area contributed by atoms with Crippen LogP contribution in [0.4, 0.5) is 0 Å². The first-order valence-corrected chi connectivity index (χ1v) is 8.17. The highest BCUT2D eigenvalue weighted by molar-refractivity contribution is 7.89. The Balaban J connectivity index is 2.31. The molecular weight excluding hydrogens is 286 g/mol. The summed E-state index contributed by atoms with van der Waals surface area (Å²) in [4.78, 5) is 0.217. The number of sulfonamides is 1. The van der Waals surface area contributed by atoms with E-state index in [0.29, 0.717) is 0 Å². The predicted molar refractivity (Wildman–Crippen MR) is 82.5 cm³/mol. The van der Waals surface area contributed by atoms with Gasteiger partial charge in [0.25, 0.3) is 0 Å². The molecule has 0 aliphatic rings. The van der Waals surface area contributed by atoms with Gasteiger partial charge < -0.3 is 5.11 Å². The SMILES string of the molecule is Cc1cc(C)cc(S(=O)(=O)NC(CO)c2ccccc2)c1. The average molecular weight is 305 g/mol. The molecule has 21 heavy (non-hydrogen) atoms. The minimum absolute atomic E-state index is 0.217. The summed E-state index contributed by atoms with van der Waals surface area (Å²) >= 11 is 0. The zero-order chi connectivity index (χ0) is 15.5. The third kappa shape index (κ3) is 3.91. The fourth-order valence-electron chi connectivity index (χ4n) is 2.24. The maximum atomic E-state index is 12.5. The number of hydrogen-bond acceptors (Lipinski definition) is 3. The van der Waals surface area contributed by atoms with Crippen LogP contribution >= 0.6 is 0 Å². The lowest BCUT2D eigenvalue weighted by Gasteiger charge is -2.17. The first-order valence-electron chi connectivity index (χ1n) is 6.69. The minimum atomic E-state index is -3.67. The highest BCUT2D eigenvalue weighted by atomic mass is 32.2. The van der Waals surface area contributed by atoms with Crippen molar-refractivity contribution in [3.05, 3.63) is 65.2 Å². The second-order valence-electron chi connectivity index (χ2n) is 5.09.